The molecule has 0 radical (unpaired) electrons. The Hall–Kier alpha value is -2.30. The quantitative estimate of drug-likeness (QED) is 0.615. The number of hydrogen-bond acceptors (Lipinski definition) is 6. The van der Waals surface area contributed by atoms with Gasteiger partial charge in [-0.1, -0.05) is 24.6 Å². The summed E-state index contributed by atoms with van der Waals surface area (Å²) in [6.45, 7) is 0.728. The van der Waals surface area contributed by atoms with Gasteiger partial charge in [0.05, 0.1) is 19.2 Å². The van der Waals surface area contributed by atoms with Crippen LogP contribution in [0.5, 0.6) is 0 Å². The van der Waals surface area contributed by atoms with Crippen LogP contribution in [0, 0.1) is 11.7 Å². The Morgan fingerprint density at radius 2 is 2.03 bits per heavy atom. The molecule has 0 saturated heterocycles. The molecule has 2 heterocycles. The molecule has 172 valence electrons. The maximum atomic E-state index is 13.8. The molecule has 1 aromatic carbocycles. The molecule has 1 aliphatic heterocycles. The molecule has 2 aromatic rings. The molecule has 2 aliphatic rings. The van der Waals surface area contributed by atoms with Gasteiger partial charge in [-0.3, -0.25) is 4.79 Å². The van der Waals surface area contributed by atoms with Gasteiger partial charge in [0, 0.05) is 23.9 Å². The number of fused-ring (bicyclic) bond motifs is 1. The molecule has 7 nitrogen and oxygen atoms in total. The third kappa shape index (κ3) is 4.44. The van der Waals surface area contributed by atoms with Crippen molar-refractivity contribution in [2.75, 3.05) is 20.2 Å². The van der Waals surface area contributed by atoms with E-state index in [1.54, 1.807) is 23.1 Å². The van der Waals surface area contributed by atoms with Crippen LogP contribution in [-0.4, -0.2) is 45.4 Å². The number of methoxy groups -OCH3 is 1. The Morgan fingerprint density at radius 3 is 2.69 bits per heavy atom. The van der Waals surface area contributed by atoms with Crippen LogP contribution in [0.4, 0.5) is 4.39 Å². The van der Waals surface area contributed by atoms with Crippen LogP contribution in [0.2, 0.25) is 0 Å². The fourth-order valence-corrected chi connectivity index (χ4v) is 7.04. The second-order valence-electron chi connectivity index (χ2n) is 8.03. The number of carbonyl (C=O) groups is 2. The van der Waals surface area contributed by atoms with E-state index in [-0.39, 0.29) is 34.6 Å². The summed E-state index contributed by atoms with van der Waals surface area (Å²) in [5.41, 5.74) is 1.08. The highest BCUT2D eigenvalue weighted by Gasteiger charge is 2.37. The summed E-state index contributed by atoms with van der Waals surface area (Å²) in [4.78, 5) is 27.6. The highest BCUT2D eigenvalue weighted by Crippen LogP contribution is 2.38. The summed E-state index contributed by atoms with van der Waals surface area (Å²) in [7, 11) is -2.82. The average molecular weight is 481 g/mol. The van der Waals surface area contributed by atoms with Gasteiger partial charge >= 0.3 is 5.97 Å². The zero-order valence-corrected chi connectivity index (χ0v) is 19.4. The first-order chi connectivity index (χ1) is 15.3. The van der Waals surface area contributed by atoms with Gasteiger partial charge in [-0.2, -0.15) is 0 Å². The second kappa shape index (κ2) is 9.29. The summed E-state index contributed by atoms with van der Waals surface area (Å²) in [5.74, 6) is -0.956. The molecular formula is C22H25FN2O5S2. The number of amides is 1. The largest absolute Gasteiger partial charge is 0.465 e. The average Bonchev–Trinajstić information content (AvgIpc) is 3.13. The van der Waals surface area contributed by atoms with Gasteiger partial charge < -0.3 is 9.64 Å². The van der Waals surface area contributed by atoms with Crippen molar-refractivity contribution in [3.63, 3.8) is 0 Å². The number of benzene rings is 1. The van der Waals surface area contributed by atoms with Crippen LogP contribution in [0.15, 0.2) is 28.5 Å². The van der Waals surface area contributed by atoms with Gasteiger partial charge in [0.1, 0.15) is 10.0 Å². The SMILES string of the molecule is COC(=O)c1c(S(=O)(=O)NCCc2ccccc2F)sc2c1CCN(C(=O)C1CCC1)C2. The number of thiophene rings is 1. The molecule has 1 N–H and O–H groups in total. The fraction of sp³-hybridized carbons (Fsp3) is 0.455. The lowest BCUT2D eigenvalue weighted by atomic mass is 9.84. The normalized spacial score (nSPS) is 16.4. The highest BCUT2D eigenvalue weighted by molar-refractivity contribution is 7.91. The Kier molecular flexibility index (Phi) is 6.64. The number of nitrogens with zero attached hydrogens (tertiary/aromatic N) is 1. The molecule has 1 aromatic heterocycles. The molecule has 1 fully saturated rings. The van der Waals surface area contributed by atoms with Crippen molar-refractivity contribution < 1.29 is 27.1 Å². The molecule has 1 saturated carbocycles. The molecule has 0 spiro atoms. The topological polar surface area (TPSA) is 92.8 Å². The number of hydrogen-bond donors (Lipinski definition) is 1. The van der Waals surface area contributed by atoms with E-state index in [0.717, 1.165) is 30.6 Å². The Bertz CT molecular complexity index is 1140. The molecule has 4 rings (SSSR count). The number of esters is 1. The summed E-state index contributed by atoms with van der Waals surface area (Å²) < 4.78 is 47.2. The monoisotopic (exact) mass is 480 g/mol. The zero-order valence-electron chi connectivity index (χ0n) is 17.7. The first-order valence-corrected chi connectivity index (χ1v) is 12.9. The van der Waals surface area contributed by atoms with E-state index in [9.17, 15) is 22.4 Å². The lowest BCUT2D eigenvalue weighted by Crippen LogP contribution is -2.41. The molecule has 1 amide bonds. The number of carbonyl (C=O) groups excluding carboxylic acids is 2. The van der Waals surface area contributed by atoms with Crippen molar-refractivity contribution in [3.05, 3.63) is 51.7 Å². The summed E-state index contributed by atoms with van der Waals surface area (Å²) in [5, 5.41) is 0. The summed E-state index contributed by atoms with van der Waals surface area (Å²) >= 11 is 1.00. The molecule has 32 heavy (non-hydrogen) atoms. The van der Waals surface area contributed by atoms with Gasteiger partial charge in [-0.15, -0.1) is 11.3 Å². The van der Waals surface area contributed by atoms with Gasteiger partial charge in [0.2, 0.25) is 5.91 Å². The van der Waals surface area contributed by atoms with E-state index < -0.39 is 21.8 Å². The Morgan fingerprint density at radius 1 is 1.28 bits per heavy atom. The Labute approximate surface area is 190 Å². The van der Waals surface area contributed by atoms with Crippen molar-refractivity contribution in [1.82, 2.24) is 9.62 Å². The van der Waals surface area contributed by atoms with Crippen LogP contribution < -0.4 is 4.72 Å². The van der Waals surface area contributed by atoms with E-state index >= 15 is 0 Å². The van der Waals surface area contributed by atoms with E-state index in [1.807, 2.05) is 0 Å². The zero-order chi connectivity index (χ0) is 22.9. The van der Waals surface area contributed by atoms with Gasteiger partial charge in [-0.25, -0.2) is 22.3 Å². The van der Waals surface area contributed by atoms with Crippen LogP contribution in [0.25, 0.3) is 0 Å². The van der Waals surface area contributed by atoms with Gasteiger partial charge in [-0.05, 0) is 42.9 Å². The van der Waals surface area contributed by atoms with Crippen LogP contribution in [-0.2, 0) is 38.9 Å². The van der Waals surface area contributed by atoms with Crippen LogP contribution in [0.1, 0.15) is 45.6 Å². The van der Waals surface area contributed by atoms with E-state index in [4.69, 9.17) is 4.74 Å². The Balaban J connectivity index is 1.56. The highest BCUT2D eigenvalue weighted by atomic mass is 32.2. The predicted octanol–water partition coefficient (Wildman–Crippen LogP) is 2.88. The third-order valence-corrected chi connectivity index (χ3v) is 9.26. The first-order valence-electron chi connectivity index (χ1n) is 10.6. The summed E-state index contributed by atoms with van der Waals surface area (Å²) in [6.07, 6.45) is 3.42. The van der Waals surface area contributed by atoms with Gasteiger partial charge in [0.25, 0.3) is 10.0 Å². The second-order valence-corrected chi connectivity index (χ2v) is 11.1. The predicted molar refractivity (Wildman–Crippen MR) is 117 cm³/mol. The van der Waals surface area contributed by atoms with E-state index in [1.165, 1.54) is 13.2 Å². The lowest BCUT2D eigenvalue weighted by molar-refractivity contribution is -0.139. The number of halogens is 1. The number of rotatable bonds is 7. The number of nitrogens with one attached hydrogen (secondary N) is 1. The van der Waals surface area contributed by atoms with Crippen molar-refractivity contribution in [1.29, 1.82) is 0 Å². The summed E-state index contributed by atoms with van der Waals surface area (Å²) in [6, 6.07) is 6.18. The standard InChI is InChI=1S/C22H25FN2O5S2/c1-30-21(27)19-16-10-12-25(20(26)15-6-4-7-15)13-18(16)31-22(19)32(28,29)24-11-9-14-5-2-3-8-17(14)23/h2-3,5,8,15,24H,4,6-7,9-13H2,1H3. The minimum atomic E-state index is -4.03. The molecule has 10 heteroatoms. The van der Waals surface area contributed by atoms with Crippen molar-refractivity contribution in [2.45, 2.75) is 42.9 Å². The smallest absolute Gasteiger partial charge is 0.340 e. The maximum Gasteiger partial charge on any atom is 0.340 e. The minimum Gasteiger partial charge on any atom is -0.465 e. The number of ether oxygens (including phenoxy) is 1. The molecule has 0 bridgehead atoms. The van der Waals surface area contributed by atoms with Crippen molar-refractivity contribution >= 4 is 33.2 Å². The van der Waals surface area contributed by atoms with Crippen molar-refractivity contribution in [3.8, 4) is 0 Å². The third-order valence-electron chi connectivity index (χ3n) is 6.07. The first kappa shape index (κ1) is 22.9. The lowest BCUT2D eigenvalue weighted by Gasteiger charge is -2.34. The maximum absolute atomic E-state index is 13.8. The van der Waals surface area contributed by atoms with Crippen molar-refractivity contribution in [2.24, 2.45) is 5.92 Å². The fourth-order valence-electron chi connectivity index (χ4n) is 4.06. The van der Waals surface area contributed by atoms with Crippen LogP contribution in [0.3, 0.4) is 0 Å². The van der Waals surface area contributed by atoms with E-state index in [2.05, 4.69) is 4.72 Å². The van der Waals surface area contributed by atoms with E-state index in [0.29, 0.717) is 35.5 Å². The molecular weight excluding hydrogens is 455 g/mol. The minimum absolute atomic E-state index is 0.0151. The van der Waals surface area contributed by atoms with Crippen LogP contribution >= 0.6 is 11.3 Å². The molecule has 0 atom stereocenters. The number of sulfonamides is 1. The molecule has 0 unspecified atom stereocenters. The van der Waals surface area contributed by atoms with Gasteiger partial charge in [0.15, 0.2) is 0 Å². The molecule has 1 aliphatic carbocycles.